The van der Waals surface area contributed by atoms with Crippen LogP contribution >= 0.6 is 0 Å². The van der Waals surface area contributed by atoms with Crippen molar-refractivity contribution in [3.05, 3.63) is 35.4 Å². The molecule has 3 heteroatoms. The standard InChI is InChI=1S/C16H23N3/c1-13(2)11-14-3-5-15(6-4-14)16(12-17)19-9-7-18-8-10-19/h3-6,13,16,18H,7-11H2,1-2H3. The number of hydrogen-bond acceptors (Lipinski definition) is 3. The van der Waals surface area contributed by atoms with Gasteiger partial charge in [0.15, 0.2) is 0 Å². The average molecular weight is 257 g/mol. The largest absolute Gasteiger partial charge is 0.314 e. The quantitative estimate of drug-likeness (QED) is 0.900. The lowest BCUT2D eigenvalue weighted by Gasteiger charge is -2.31. The van der Waals surface area contributed by atoms with Gasteiger partial charge in [-0.1, -0.05) is 38.1 Å². The molecule has 0 spiro atoms. The molecule has 1 saturated heterocycles. The van der Waals surface area contributed by atoms with Crippen LogP contribution in [-0.2, 0) is 6.42 Å². The smallest absolute Gasteiger partial charge is 0.123 e. The predicted octanol–water partition coefficient (Wildman–Crippen LogP) is 2.35. The van der Waals surface area contributed by atoms with Crippen LogP contribution in [0, 0.1) is 17.2 Å². The molecular formula is C16H23N3. The minimum atomic E-state index is -0.102. The summed E-state index contributed by atoms with van der Waals surface area (Å²) in [5, 5.41) is 12.8. The molecule has 1 unspecified atom stereocenters. The molecule has 0 aliphatic carbocycles. The molecule has 19 heavy (non-hydrogen) atoms. The second kappa shape index (κ2) is 6.70. The fourth-order valence-corrected chi connectivity index (χ4v) is 2.61. The van der Waals surface area contributed by atoms with Crippen LogP contribution in [0.2, 0.25) is 0 Å². The highest BCUT2D eigenvalue weighted by Crippen LogP contribution is 2.21. The summed E-state index contributed by atoms with van der Waals surface area (Å²) < 4.78 is 0. The van der Waals surface area contributed by atoms with Gasteiger partial charge in [0.05, 0.1) is 6.07 Å². The van der Waals surface area contributed by atoms with Crippen molar-refractivity contribution in [2.45, 2.75) is 26.3 Å². The van der Waals surface area contributed by atoms with Gasteiger partial charge in [-0.2, -0.15) is 5.26 Å². The molecule has 1 aromatic rings. The third-order valence-corrected chi connectivity index (χ3v) is 3.58. The van der Waals surface area contributed by atoms with Gasteiger partial charge in [0, 0.05) is 26.2 Å². The van der Waals surface area contributed by atoms with Gasteiger partial charge in [0.1, 0.15) is 6.04 Å². The first-order valence-electron chi connectivity index (χ1n) is 7.14. The molecular weight excluding hydrogens is 234 g/mol. The van der Waals surface area contributed by atoms with Crippen LogP contribution in [0.3, 0.4) is 0 Å². The van der Waals surface area contributed by atoms with E-state index in [-0.39, 0.29) is 6.04 Å². The first-order valence-corrected chi connectivity index (χ1v) is 7.14. The van der Waals surface area contributed by atoms with Crippen LogP contribution in [0.4, 0.5) is 0 Å². The Hall–Kier alpha value is -1.37. The Bertz CT molecular complexity index is 424. The van der Waals surface area contributed by atoms with Crippen LogP contribution in [0.5, 0.6) is 0 Å². The molecule has 0 aromatic heterocycles. The zero-order chi connectivity index (χ0) is 13.7. The summed E-state index contributed by atoms with van der Waals surface area (Å²) in [4.78, 5) is 2.26. The Morgan fingerprint density at radius 1 is 1.21 bits per heavy atom. The second-order valence-electron chi connectivity index (χ2n) is 5.66. The Kier molecular flexibility index (Phi) is 4.95. The third-order valence-electron chi connectivity index (χ3n) is 3.58. The van der Waals surface area contributed by atoms with Gasteiger partial charge in [-0.3, -0.25) is 4.90 Å². The lowest BCUT2D eigenvalue weighted by Crippen LogP contribution is -2.44. The van der Waals surface area contributed by atoms with Gasteiger partial charge >= 0.3 is 0 Å². The average Bonchev–Trinajstić information content (AvgIpc) is 2.42. The second-order valence-corrected chi connectivity index (χ2v) is 5.66. The van der Waals surface area contributed by atoms with Gasteiger partial charge in [0.2, 0.25) is 0 Å². The maximum atomic E-state index is 9.43. The van der Waals surface area contributed by atoms with E-state index in [1.54, 1.807) is 0 Å². The number of nitrogens with zero attached hydrogens (tertiary/aromatic N) is 2. The molecule has 0 radical (unpaired) electrons. The number of nitrogens with one attached hydrogen (secondary N) is 1. The van der Waals surface area contributed by atoms with Gasteiger partial charge in [0.25, 0.3) is 0 Å². The first-order chi connectivity index (χ1) is 9.20. The van der Waals surface area contributed by atoms with Crippen molar-refractivity contribution in [2.24, 2.45) is 5.92 Å². The predicted molar refractivity (Wildman–Crippen MR) is 77.8 cm³/mol. The lowest BCUT2D eigenvalue weighted by molar-refractivity contribution is 0.207. The summed E-state index contributed by atoms with van der Waals surface area (Å²) in [7, 11) is 0. The van der Waals surface area contributed by atoms with E-state index in [9.17, 15) is 5.26 Å². The molecule has 102 valence electrons. The highest BCUT2D eigenvalue weighted by Gasteiger charge is 2.21. The molecule has 1 fully saturated rings. The van der Waals surface area contributed by atoms with Gasteiger partial charge in [-0.15, -0.1) is 0 Å². The van der Waals surface area contributed by atoms with E-state index in [2.05, 4.69) is 54.4 Å². The van der Waals surface area contributed by atoms with Crippen molar-refractivity contribution >= 4 is 0 Å². The van der Waals surface area contributed by atoms with Gasteiger partial charge in [-0.05, 0) is 23.5 Å². The van der Waals surface area contributed by atoms with E-state index in [0.29, 0.717) is 5.92 Å². The molecule has 1 heterocycles. The first kappa shape index (κ1) is 14.0. The highest BCUT2D eigenvalue weighted by atomic mass is 15.2. The van der Waals surface area contributed by atoms with Crippen LogP contribution in [0.25, 0.3) is 0 Å². The van der Waals surface area contributed by atoms with E-state index in [1.165, 1.54) is 5.56 Å². The van der Waals surface area contributed by atoms with Crippen molar-refractivity contribution in [2.75, 3.05) is 26.2 Å². The van der Waals surface area contributed by atoms with Crippen molar-refractivity contribution in [1.29, 1.82) is 5.26 Å². The number of piperazine rings is 1. The summed E-state index contributed by atoms with van der Waals surface area (Å²) in [6.45, 7) is 8.31. The van der Waals surface area contributed by atoms with Crippen molar-refractivity contribution in [3.63, 3.8) is 0 Å². The molecule has 3 nitrogen and oxygen atoms in total. The lowest BCUT2D eigenvalue weighted by atomic mass is 9.99. The monoisotopic (exact) mass is 257 g/mol. The molecule has 0 amide bonds. The normalized spacial score (nSPS) is 18.2. The van der Waals surface area contributed by atoms with Crippen molar-refractivity contribution in [1.82, 2.24) is 10.2 Å². The van der Waals surface area contributed by atoms with Crippen LogP contribution in [0.15, 0.2) is 24.3 Å². The van der Waals surface area contributed by atoms with Gasteiger partial charge in [-0.25, -0.2) is 0 Å². The maximum Gasteiger partial charge on any atom is 0.123 e. The molecule has 1 aliphatic heterocycles. The molecule has 1 aliphatic rings. The molecule has 1 N–H and O–H groups in total. The fourth-order valence-electron chi connectivity index (χ4n) is 2.61. The van der Waals surface area contributed by atoms with Crippen LogP contribution < -0.4 is 5.32 Å². The highest BCUT2D eigenvalue weighted by molar-refractivity contribution is 5.28. The summed E-state index contributed by atoms with van der Waals surface area (Å²) in [5.74, 6) is 0.672. The number of hydrogen-bond donors (Lipinski definition) is 1. The number of nitriles is 1. The zero-order valence-corrected chi connectivity index (χ0v) is 11.9. The molecule has 1 atom stereocenters. The minimum absolute atomic E-state index is 0.102. The molecule has 0 saturated carbocycles. The Morgan fingerprint density at radius 2 is 1.84 bits per heavy atom. The molecule has 2 rings (SSSR count). The van der Waals surface area contributed by atoms with E-state index < -0.39 is 0 Å². The topological polar surface area (TPSA) is 39.1 Å². The number of rotatable bonds is 4. The van der Waals surface area contributed by atoms with Crippen molar-refractivity contribution in [3.8, 4) is 6.07 Å². The molecule has 1 aromatic carbocycles. The summed E-state index contributed by atoms with van der Waals surface area (Å²) in [6.07, 6.45) is 1.10. The SMILES string of the molecule is CC(C)Cc1ccc(C(C#N)N2CCNCC2)cc1. The summed E-state index contributed by atoms with van der Waals surface area (Å²) in [5.41, 5.74) is 2.48. The Balaban J connectivity index is 2.08. The Labute approximate surface area is 116 Å². The van der Waals surface area contributed by atoms with Crippen molar-refractivity contribution < 1.29 is 0 Å². The van der Waals surface area contributed by atoms with E-state index in [0.717, 1.165) is 38.2 Å². The molecule has 0 bridgehead atoms. The van der Waals surface area contributed by atoms with E-state index in [1.807, 2.05) is 0 Å². The van der Waals surface area contributed by atoms with E-state index in [4.69, 9.17) is 0 Å². The van der Waals surface area contributed by atoms with E-state index >= 15 is 0 Å². The van der Waals surface area contributed by atoms with Crippen LogP contribution in [-0.4, -0.2) is 31.1 Å². The summed E-state index contributed by atoms with van der Waals surface area (Å²) >= 11 is 0. The Morgan fingerprint density at radius 3 is 2.37 bits per heavy atom. The summed E-state index contributed by atoms with van der Waals surface area (Å²) in [6, 6.07) is 10.9. The minimum Gasteiger partial charge on any atom is -0.314 e. The third kappa shape index (κ3) is 3.79. The zero-order valence-electron chi connectivity index (χ0n) is 11.9. The maximum absolute atomic E-state index is 9.43. The van der Waals surface area contributed by atoms with Gasteiger partial charge < -0.3 is 5.32 Å². The van der Waals surface area contributed by atoms with Crippen LogP contribution in [0.1, 0.15) is 31.0 Å². The number of benzene rings is 1. The fraction of sp³-hybridized carbons (Fsp3) is 0.562.